The van der Waals surface area contributed by atoms with Crippen molar-refractivity contribution in [3.05, 3.63) is 40.1 Å². The van der Waals surface area contributed by atoms with Crippen LogP contribution >= 0.6 is 35.0 Å². The van der Waals surface area contributed by atoms with Crippen molar-refractivity contribution in [2.45, 2.75) is 10.9 Å². The van der Waals surface area contributed by atoms with Crippen molar-refractivity contribution in [1.82, 2.24) is 15.0 Å². The number of hydrogen-bond acceptors (Lipinski definition) is 5. The van der Waals surface area contributed by atoms with Gasteiger partial charge in [0.15, 0.2) is 5.16 Å². The van der Waals surface area contributed by atoms with E-state index in [1.54, 1.807) is 18.2 Å². The summed E-state index contributed by atoms with van der Waals surface area (Å²) in [5.41, 5.74) is 6.32. The first kappa shape index (κ1) is 12.4. The van der Waals surface area contributed by atoms with Gasteiger partial charge in [-0.25, -0.2) is 9.97 Å². The van der Waals surface area contributed by atoms with Gasteiger partial charge >= 0.3 is 0 Å². The minimum atomic E-state index is 0.202. The molecule has 2 rings (SSSR count). The van der Waals surface area contributed by atoms with Crippen molar-refractivity contribution in [3.8, 4) is 0 Å². The summed E-state index contributed by atoms with van der Waals surface area (Å²) in [4.78, 5) is 11.7. The van der Waals surface area contributed by atoms with Crippen LogP contribution in [0.3, 0.4) is 0 Å². The zero-order chi connectivity index (χ0) is 12.3. The molecule has 0 unspecified atom stereocenters. The Morgan fingerprint density at radius 2 is 1.88 bits per heavy atom. The van der Waals surface area contributed by atoms with Gasteiger partial charge in [-0.1, -0.05) is 41.0 Å². The summed E-state index contributed by atoms with van der Waals surface area (Å²) in [7, 11) is 0. The van der Waals surface area contributed by atoms with E-state index in [4.69, 9.17) is 28.9 Å². The molecule has 0 radical (unpaired) electrons. The zero-order valence-corrected chi connectivity index (χ0v) is 10.9. The van der Waals surface area contributed by atoms with Gasteiger partial charge in [0, 0.05) is 15.8 Å². The lowest BCUT2D eigenvalue weighted by atomic mass is 10.2. The van der Waals surface area contributed by atoms with Gasteiger partial charge < -0.3 is 5.73 Å². The fourth-order valence-electron chi connectivity index (χ4n) is 1.17. The number of anilines is 1. The second-order valence-corrected chi connectivity index (χ2v) is 4.87. The molecule has 17 heavy (non-hydrogen) atoms. The second kappa shape index (κ2) is 5.53. The molecule has 0 atom stereocenters. The first-order valence-corrected chi connectivity index (χ1v) is 6.41. The first-order valence-electron chi connectivity index (χ1n) is 4.67. The van der Waals surface area contributed by atoms with Gasteiger partial charge in [-0.2, -0.15) is 4.98 Å². The molecule has 0 saturated carbocycles. The number of thioether (sulfide) groups is 1. The number of rotatable bonds is 3. The summed E-state index contributed by atoms with van der Waals surface area (Å²) in [6.45, 7) is 0. The number of nitrogens with zero attached hydrogens (tertiary/aromatic N) is 3. The van der Waals surface area contributed by atoms with E-state index in [-0.39, 0.29) is 5.95 Å². The molecular weight excluding hydrogens is 279 g/mol. The smallest absolute Gasteiger partial charge is 0.223 e. The van der Waals surface area contributed by atoms with Gasteiger partial charge in [-0.05, 0) is 17.7 Å². The Labute approximate surface area is 113 Å². The Hall–Kier alpha value is -1.04. The maximum atomic E-state index is 6.05. The number of benzene rings is 1. The third-order valence-electron chi connectivity index (χ3n) is 1.98. The van der Waals surface area contributed by atoms with E-state index in [0.29, 0.717) is 21.0 Å². The third-order valence-corrected chi connectivity index (χ3v) is 3.57. The van der Waals surface area contributed by atoms with Crippen LogP contribution in [0.25, 0.3) is 0 Å². The molecule has 0 fully saturated rings. The Bertz CT molecular complexity index is 515. The molecule has 1 heterocycles. The van der Waals surface area contributed by atoms with Crippen LogP contribution < -0.4 is 5.73 Å². The zero-order valence-electron chi connectivity index (χ0n) is 8.60. The van der Waals surface area contributed by atoms with E-state index >= 15 is 0 Å². The average Bonchev–Trinajstić information content (AvgIpc) is 2.28. The minimum Gasteiger partial charge on any atom is -0.368 e. The molecule has 4 nitrogen and oxygen atoms in total. The van der Waals surface area contributed by atoms with Crippen LogP contribution in [0, 0.1) is 0 Å². The van der Waals surface area contributed by atoms with E-state index in [9.17, 15) is 0 Å². The van der Waals surface area contributed by atoms with Crippen molar-refractivity contribution >= 4 is 40.9 Å². The normalized spacial score (nSPS) is 10.5. The third kappa shape index (κ3) is 3.21. The highest BCUT2D eigenvalue weighted by Gasteiger charge is 2.07. The topological polar surface area (TPSA) is 64.7 Å². The molecule has 0 saturated heterocycles. The highest BCUT2D eigenvalue weighted by Crippen LogP contribution is 2.30. The van der Waals surface area contributed by atoms with E-state index < -0.39 is 0 Å². The standard InChI is InChI=1S/C10H8Cl2N4S/c11-7-2-1-3-8(12)6(7)4-17-10-15-5-14-9(13)16-10/h1-3,5H,4H2,(H2,13,14,15,16). The quantitative estimate of drug-likeness (QED) is 0.879. The summed E-state index contributed by atoms with van der Waals surface area (Å²) in [6.07, 6.45) is 1.37. The van der Waals surface area contributed by atoms with Gasteiger partial charge in [-0.15, -0.1) is 0 Å². The fraction of sp³-hybridized carbons (Fsp3) is 0.100. The lowest BCUT2D eigenvalue weighted by Gasteiger charge is -2.05. The summed E-state index contributed by atoms with van der Waals surface area (Å²) >= 11 is 13.5. The number of halogens is 2. The molecule has 2 N–H and O–H groups in total. The van der Waals surface area contributed by atoms with Crippen LogP contribution in [0.1, 0.15) is 5.56 Å². The Morgan fingerprint density at radius 3 is 2.53 bits per heavy atom. The molecule has 0 amide bonds. The Morgan fingerprint density at radius 1 is 1.18 bits per heavy atom. The minimum absolute atomic E-state index is 0.202. The number of hydrogen-bond donors (Lipinski definition) is 1. The number of nitrogen functional groups attached to an aromatic ring is 1. The molecule has 0 spiro atoms. The molecule has 1 aromatic heterocycles. The SMILES string of the molecule is Nc1ncnc(SCc2c(Cl)cccc2Cl)n1. The molecule has 0 aliphatic rings. The van der Waals surface area contributed by atoms with Crippen LogP contribution in [0.4, 0.5) is 5.95 Å². The highest BCUT2D eigenvalue weighted by atomic mass is 35.5. The summed E-state index contributed by atoms with van der Waals surface area (Å²) in [5, 5.41) is 1.81. The van der Waals surface area contributed by atoms with Gasteiger partial charge in [0.2, 0.25) is 5.95 Å². The second-order valence-electron chi connectivity index (χ2n) is 3.12. The van der Waals surface area contributed by atoms with E-state index in [2.05, 4.69) is 15.0 Å². The van der Waals surface area contributed by atoms with Crippen LogP contribution in [0.2, 0.25) is 10.0 Å². The van der Waals surface area contributed by atoms with E-state index in [0.717, 1.165) is 5.56 Å². The molecular formula is C10H8Cl2N4S. The number of aromatic nitrogens is 3. The van der Waals surface area contributed by atoms with E-state index in [1.807, 2.05) is 0 Å². The monoisotopic (exact) mass is 286 g/mol. The number of nitrogens with two attached hydrogens (primary N) is 1. The average molecular weight is 287 g/mol. The predicted octanol–water partition coefficient (Wildman–Crippen LogP) is 3.05. The lowest BCUT2D eigenvalue weighted by Crippen LogP contribution is -1.97. The molecule has 2 aromatic rings. The van der Waals surface area contributed by atoms with Crippen LogP contribution in [-0.4, -0.2) is 15.0 Å². The van der Waals surface area contributed by atoms with Crippen molar-refractivity contribution < 1.29 is 0 Å². The molecule has 0 aliphatic carbocycles. The molecule has 7 heteroatoms. The Balaban J connectivity index is 2.13. The maximum absolute atomic E-state index is 6.05. The van der Waals surface area contributed by atoms with Gasteiger partial charge in [-0.3, -0.25) is 0 Å². The van der Waals surface area contributed by atoms with Crippen molar-refractivity contribution in [3.63, 3.8) is 0 Å². The molecule has 1 aromatic carbocycles. The van der Waals surface area contributed by atoms with E-state index in [1.165, 1.54) is 18.1 Å². The first-order chi connectivity index (χ1) is 8.16. The largest absolute Gasteiger partial charge is 0.368 e. The van der Waals surface area contributed by atoms with Gasteiger partial charge in [0.25, 0.3) is 0 Å². The maximum Gasteiger partial charge on any atom is 0.223 e. The lowest BCUT2D eigenvalue weighted by molar-refractivity contribution is 0.915. The van der Waals surface area contributed by atoms with Crippen LogP contribution in [0.5, 0.6) is 0 Å². The van der Waals surface area contributed by atoms with Crippen molar-refractivity contribution in [2.75, 3.05) is 5.73 Å². The Kier molecular flexibility index (Phi) is 4.04. The highest BCUT2D eigenvalue weighted by molar-refractivity contribution is 7.98. The van der Waals surface area contributed by atoms with Gasteiger partial charge in [0.1, 0.15) is 6.33 Å². The van der Waals surface area contributed by atoms with Crippen LogP contribution in [0.15, 0.2) is 29.7 Å². The van der Waals surface area contributed by atoms with Crippen molar-refractivity contribution in [2.24, 2.45) is 0 Å². The summed E-state index contributed by atoms with van der Waals surface area (Å²) in [5.74, 6) is 0.787. The molecule has 0 aliphatic heterocycles. The van der Waals surface area contributed by atoms with Crippen LogP contribution in [-0.2, 0) is 5.75 Å². The molecule has 0 bridgehead atoms. The fourth-order valence-corrected chi connectivity index (χ4v) is 2.72. The molecule has 88 valence electrons. The predicted molar refractivity (Wildman–Crippen MR) is 70.3 cm³/mol. The summed E-state index contributed by atoms with van der Waals surface area (Å²) in [6, 6.07) is 5.40. The van der Waals surface area contributed by atoms with Gasteiger partial charge in [0.05, 0.1) is 0 Å². The summed E-state index contributed by atoms with van der Waals surface area (Å²) < 4.78 is 0. The van der Waals surface area contributed by atoms with Crippen molar-refractivity contribution in [1.29, 1.82) is 0 Å².